The molecule has 1 fully saturated rings. The fourth-order valence-electron chi connectivity index (χ4n) is 3.61. The average Bonchev–Trinajstić information content (AvgIpc) is 2.79. The molecule has 6 N–H and O–H groups in total. The zero-order valence-corrected chi connectivity index (χ0v) is 17.3. The quantitative estimate of drug-likeness (QED) is 0.302. The molecular weight excluding hydrogens is 440 g/mol. The Bertz CT molecular complexity index is 1200. The number of aliphatic hydroxyl groups excluding tert-OH is 4. The van der Waals surface area contributed by atoms with E-state index in [4.69, 9.17) is 18.6 Å². The van der Waals surface area contributed by atoms with Crippen LogP contribution in [-0.4, -0.2) is 75.1 Å². The summed E-state index contributed by atoms with van der Waals surface area (Å²) in [6, 6.07) is 8.16. The Morgan fingerprint density at radius 2 is 1.70 bits per heavy atom. The molecule has 0 radical (unpaired) electrons. The normalized spacial score (nSPS) is 25.2. The molecule has 176 valence electrons. The molecule has 2 aromatic carbocycles. The smallest absolute Gasteiger partial charge is 0.239 e. The van der Waals surface area contributed by atoms with Crippen molar-refractivity contribution in [2.45, 2.75) is 30.7 Å². The Morgan fingerprint density at radius 3 is 2.33 bits per heavy atom. The van der Waals surface area contributed by atoms with Gasteiger partial charge in [0.2, 0.25) is 17.5 Å². The number of rotatable bonds is 5. The molecule has 0 bridgehead atoms. The second-order valence-electron chi connectivity index (χ2n) is 7.47. The molecule has 1 aliphatic rings. The maximum Gasteiger partial charge on any atom is 0.239 e. The van der Waals surface area contributed by atoms with Crippen molar-refractivity contribution in [1.82, 2.24) is 0 Å². The van der Waals surface area contributed by atoms with Crippen molar-refractivity contribution in [2.75, 3.05) is 13.7 Å². The Balaban J connectivity index is 1.77. The van der Waals surface area contributed by atoms with Gasteiger partial charge in [0.1, 0.15) is 52.6 Å². The van der Waals surface area contributed by atoms with E-state index in [-0.39, 0.29) is 34.0 Å². The molecule has 0 spiro atoms. The van der Waals surface area contributed by atoms with Gasteiger partial charge in [0.25, 0.3) is 0 Å². The molecule has 11 heteroatoms. The van der Waals surface area contributed by atoms with Gasteiger partial charge >= 0.3 is 0 Å². The molecule has 1 saturated heterocycles. The van der Waals surface area contributed by atoms with Crippen molar-refractivity contribution in [3.05, 3.63) is 46.6 Å². The highest BCUT2D eigenvalue weighted by Crippen LogP contribution is 2.37. The Hall–Kier alpha value is -3.35. The second kappa shape index (κ2) is 8.89. The number of aromatic hydroxyl groups is 2. The lowest BCUT2D eigenvalue weighted by atomic mass is 9.99. The molecule has 0 aliphatic carbocycles. The Labute approximate surface area is 186 Å². The van der Waals surface area contributed by atoms with E-state index in [1.54, 1.807) is 0 Å². The molecule has 1 aromatic heterocycles. The van der Waals surface area contributed by atoms with E-state index in [2.05, 4.69) is 0 Å². The Kier molecular flexibility index (Phi) is 6.15. The van der Waals surface area contributed by atoms with Gasteiger partial charge in [-0.2, -0.15) is 0 Å². The van der Waals surface area contributed by atoms with E-state index in [9.17, 15) is 35.4 Å². The summed E-state index contributed by atoms with van der Waals surface area (Å²) >= 11 is 0. The first-order valence-corrected chi connectivity index (χ1v) is 9.89. The van der Waals surface area contributed by atoms with Crippen LogP contribution in [0, 0.1) is 0 Å². The van der Waals surface area contributed by atoms with Crippen molar-refractivity contribution in [2.24, 2.45) is 0 Å². The number of aliphatic hydroxyl groups is 4. The van der Waals surface area contributed by atoms with Crippen molar-refractivity contribution in [3.8, 4) is 34.3 Å². The standard InChI is InChI=1S/C22H22O11/c1-30-21-17(27)15-12(25)6-11(31-22-19(29)18(28)16(26)14(8-23)33-22)7-13(15)32-20(21)9-2-4-10(24)5-3-9/h2-7,14,16,18-19,22-26,28-29H,8H2,1H3/t14?,16-,18+,19?,22-/m1/s1. The predicted molar refractivity (Wildman–Crippen MR) is 112 cm³/mol. The predicted octanol–water partition coefficient (Wildman–Crippen LogP) is 0.0585. The largest absolute Gasteiger partial charge is 0.508 e. The van der Waals surface area contributed by atoms with E-state index in [1.807, 2.05) is 0 Å². The van der Waals surface area contributed by atoms with Gasteiger partial charge in [-0.3, -0.25) is 4.79 Å². The highest BCUT2D eigenvalue weighted by molar-refractivity contribution is 5.88. The SMILES string of the molecule is COc1c(-c2ccc(O)cc2)oc2cc(O[C@@H]3OC(CO)[C@@H](O)[C@H](O)C3O)cc(O)c2c1=O. The van der Waals surface area contributed by atoms with Gasteiger partial charge in [0.05, 0.1) is 13.7 Å². The van der Waals surface area contributed by atoms with Crippen LogP contribution in [-0.2, 0) is 4.74 Å². The molecule has 11 nitrogen and oxygen atoms in total. The molecule has 3 aromatic rings. The maximum atomic E-state index is 13.0. The van der Waals surface area contributed by atoms with E-state index >= 15 is 0 Å². The van der Waals surface area contributed by atoms with Crippen molar-refractivity contribution in [3.63, 3.8) is 0 Å². The zero-order chi connectivity index (χ0) is 23.9. The lowest BCUT2D eigenvalue weighted by Crippen LogP contribution is -2.60. The molecule has 1 aliphatic heterocycles. The minimum absolute atomic E-state index is 0.00807. The first-order valence-electron chi connectivity index (χ1n) is 9.89. The number of phenolic OH excluding ortho intramolecular Hbond substituents is 2. The summed E-state index contributed by atoms with van der Waals surface area (Å²) in [5.74, 6) is -0.704. The van der Waals surface area contributed by atoms with Gasteiger partial charge in [0.15, 0.2) is 5.76 Å². The highest BCUT2D eigenvalue weighted by atomic mass is 16.7. The van der Waals surface area contributed by atoms with Crippen LogP contribution in [0.5, 0.6) is 23.0 Å². The fraction of sp³-hybridized carbons (Fsp3) is 0.318. The third-order valence-corrected chi connectivity index (χ3v) is 5.34. The van der Waals surface area contributed by atoms with Crippen LogP contribution < -0.4 is 14.9 Å². The van der Waals surface area contributed by atoms with Gasteiger partial charge in [0, 0.05) is 17.7 Å². The lowest BCUT2D eigenvalue weighted by Gasteiger charge is -2.39. The first-order chi connectivity index (χ1) is 15.7. The zero-order valence-electron chi connectivity index (χ0n) is 17.3. The van der Waals surface area contributed by atoms with Gasteiger partial charge in [-0.25, -0.2) is 0 Å². The van der Waals surface area contributed by atoms with Crippen molar-refractivity contribution >= 4 is 11.0 Å². The molecule has 0 saturated carbocycles. The molecule has 5 atom stereocenters. The van der Waals surface area contributed by atoms with Gasteiger partial charge < -0.3 is 49.3 Å². The molecule has 33 heavy (non-hydrogen) atoms. The number of ether oxygens (including phenoxy) is 3. The second-order valence-corrected chi connectivity index (χ2v) is 7.47. The average molecular weight is 462 g/mol. The van der Waals surface area contributed by atoms with Gasteiger partial charge in [-0.05, 0) is 24.3 Å². The van der Waals surface area contributed by atoms with Crippen LogP contribution >= 0.6 is 0 Å². The van der Waals surface area contributed by atoms with Gasteiger partial charge in [-0.1, -0.05) is 0 Å². The third-order valence-electron chi connectivity index (χ3n) is 5.34. The summed E-state index contributed by atoms with van der Waals surface area (Å²) in [5.41, 5.74) is -0.314. The van der Waals surface area contributed by atoms with Crippen LogP contribution in [0.15, 0.2) is 45.6 Å². The molecule has 2 heterocycles. The lowest BCUT2D eigenvalue weighted by molar-refractivity contribution is -0.277. The van der Waals surface area contributed by atoms with Gasteiger partial charge in [-0.15, -0.1) is 0 Å². The molecule has 2 unspecified atom stereocenters. The minimum atomic E-state index is -1.67. The van der Waals surface area contributed by atoms with Crippen molar-refractivity contribution in [1.29, 1.82) is 0 Å². The number of hydrogen-bond acceptors (Lipinski definition) is 11. The Morgan fingerprint density at radius 1 is 1.00 bits per heavy atom. The van der Waals surface area contributed by atoms with E-state index in [1.165, 1.54) is 37.4 Å². The summed E-state index contributed by atoms with van der Waals surface area (Å²) in [5, 5.41) is 59.1. The summed E-state index contributed by atoms with van der Waals surface area (Å²) in [6.07, 6.45) is -7.58. The maximum absolute atomic E-state index is 13.0. The van der Waals surface area contributed by atoms with E-state index < -0.39 is 48.5 Å². The number of hydrogen-bond donors (Lipinski definition) is 6. The van der Waals surface area contributed by atoms with Crippen LogP contribution in [0.25, 0.3) is 22.3 Å². The molecular formula is C22H22O11. The number of fused-ring (bicyclic) bond motifs is 1. The third kappa shape index (κ3) is 4.08. The first kappa shape index (κ1) is 22.8. The number of methoxy groups -OCH3 is 1. The van der Waals surface area contributed by atoms with Crippen LogP contribution in [0.1, 0.15) is 0 Å². The number of benzene rings is 2. The topological polar surface area (TPSA) is 179 Å². The van der Waals surface area contributed by atoms with Crippen LogP contribution in [0.4, 0.5) is 0 Å². The number of phenols is 2. The minimum Gasteiger partial charge on any atom is -0.508 e. The summed E-state index contributed by atoms with van der Waals surface area (Å²) in [6.45, 7) is -0.640. The fourth-order valence-corrected chi connectivity index (χ4v) is 3.61. The summed E-state index contributed by atoms with van der Waals surface area (Å²) in [7, 11) is 1.27. The molecule has 0 amide bonds. The van der Waals surface area contributed by atoms with Crippen LogP contribution in [0.3, 0.4) is 0 Å². The van der Waals surface area contributed by atoms with E-state index in [0.29, 0.717) is 5.56 Å². The molecule has 4 rings (SSSR count). The van der Waals surface area contributed by atoms with Crippen molar-refractivity contribution < 1.29 is 49.3 Å². The summed E-state index contributed by atoms with van der Waals surface area (Å²) in [4.78, 5) is 13.0. The monoisotopic (exact) mass is 462 g/mol. The van der Waals surface area contributed by atoms with Crippen LogP contribution in [0.2, 0.25) is 0 Å². The highest BCUT2D eigenvalue weighted by Gasteiger charge is 2.44. The van der Waals surface area contributed by atoms with E-state index in [0.717, 1.165) is 6.07 Å². The summed E-state index contributed by atoms with van der Waals surface area (Å²) < 4.78 is 21.9.